The molecule has 4 nitrogen and oxygen atoms in total. The number of aryl methyl sites for hydroxylation is 1. The van der Waals surface area contributed by atoms with Crippen molar-refractivity contribution < 1.29 is 4.79 Å². The van der Waals surface area contributed by atoms with Gasteiger partial charge in [-0.15, -0.1) is 0 Å². The summed E-state index contributed by atoms with van der Waals surface area (Å²) in [6, 6.07) is 0.159. The maximum atomic E-state index is 11.5. The molecular weight excluding hydrogens is 212 g/mol. The molecule has 0 fully saturated rings. The maximum Gasteiger partial charge on any atom is 0.307 e. The molecule has 1 atom stereocenters. The standard InChI is InChI=1S/C10H16N2O2S/c1-4-7(2)11-9(13)5-12-8(3)6-15-10(12)14/h6-7H,4-5H2,1-3H3,(H,11,13). The first-order valence-electron chi connectivity index (χ1n) is 4.99. The number of hydrogen-bond acceptors (Lipinski definition) is 3. The van der Waals surface area contributed by atoms with Crippen molar-refractivity contribution in [1.82, 2.24) is 9.88 Å². The Hall–Kier alpha value is -1.10. The lowest BCUT2D eigenvalue weighted by atomic mass is 10.2. The molecule has 0 aliphatic rings. The van der Waals surface area contributed by atoms with Crippen LogP contribution in [0.5, 0.6) is 0 Å². The molecule has 0 bridgehead atoms. The van der Waals surface area contributed by atoms with Crippen molar-refractivity contribution in [3.8, 4) is 0 Å². The van der Waals surface area contributed by atoms with Gasteiger partial charge in [-0.3, -0.25) is 14.2 Å². The van der Waals surface area contributed by atoms with Gasteiger partial charge in [-0.1, -0.05) is 18.3 Å². The second-order valence-corrected chi connectivity index (χ2v) is 4.43. The summed E-state index contributed by atoms with van der Waals surface area (Å²) in [6.07, 6.45) is 0.892. The zero-order valence-corrected chi connectivity index (χ0v) is 10.1. The molecule has 1 rings (SSSR count). The molecule has 5 heteroatoms. The lowest BCUT2D eigenvalue weighted by molar-refractivity contribution is -0.122. The fourth-order valence-electron chi connectivity index (χ4n) is 1.16. The third-order valence-corrected chi connectivity index (χ3v) is 3.18. The minimum atomic E-state index is -0.104. The van der Waals surface area contributed by atoms with Gasteiger partial charge in [-0.25, -0.2) is 0 Å². The van der Waals surface area contributed by atoms with Gasteiger partial charge in [-0.2, -0.15) is 0 Å². The van der Waals surface area contributed by atoms with Crippen LogP contribution in [0.4, 0.5) is 0 Å². The van der Waals surface area contributed by atoms with Crippen molar-refractivity contribution >= 4 is 17.2 Å². The second kappa shape index (κ2) is 5.11. The summed E-state index contributed by atoms with van der Waals surface area (Å²) in [6.45, 7) is 5.90. The van der Waals surface area contributed by atoms with Crippen LogP contribution in [-0.2, 0) is 11.3 Å². The summed E-state index contributed by atoms with van der Waals surface area (Å²) < 4.78 is 1.49. The molecule has 1 heterocycles. The van der Waals surface area contributed by atoms with Crippen LogP contribution in [-0.4, -0.2) is 16.5 Å². The molecule has 0 radical (unpaired) electrons. The van der Waals surface area contributed by atoms with Crippen LogP contribution in [0, 0.1) is 6.92 Å². The van der Waals surface area contributed by atoms with Gasteiger partial charge in [0, 0.05) is 17.1 Å². The second-order valence-electron chi connectivity index (χ2n) is 3.61. The molecule has 0 aliphatic carbocycles. The molecule has 0 saturated heterocycles. The quantitative estimate of drug-likeness (QED) is 0.840. The summed E-state index contributed by atoms with van der Waals surface area (Å²) in [4.78, 5) is 22.8. The largest absolute Gasteiger partial charge is 0.352 e. The molecule has 1 aromatic rings. The van der Waals surface area contributed by atoms with E-state index in [0.717, 1.165) is 23.5 Å². The van der Waals surface area contributed by atoms with Crippen LogP contribution in [0.3, 0.4) is 0 Å². The zero-order valence-electron chi connectivity index (χ0n) is 9.24. The van der Waals surface area contributed by atoms with Gasteiger partial charge in [0.1, 0.15) is 6.54 Å². The highest BCUT2D eigenvalue weighted by Crippen LogP contribution is 1.99. The molecule has 1 amide bonds. The first-order chi connectivity index (χ1) is 7.04. The topological polar surface area (TPSA) is 51.1 Å². The average Bonchev–Trinajstić information content (AvgIpc) is 2.49. The fraction of sp³-hybridized carbons (Fsp3) is 0.600. The molecule has 15 heavy (non-hydrogen) atoms. The minimum absolute atomic E-state index is 0.0770. The molecule has 84 valence electrons. The van der Waals surface area contributed by atoms with Gasteiger partial charge in [0.25, 0.3) is 0 Å². The van der Waals surface area contributed by atoms with E-state index >= 15 is 0 Å². The summed E-state index contributed by atoms with van der Waals surface area (Å²) in [5.41, 5.74) is 0.837. The number of thiazole rings is 1. The zero-order chi connectivity index (χ0) is 11.4. The van der Waals surface area contributed by atoms with Crippen molar-refractivity contribution in [3.63, 3.8) is 0 Å². The summed E-state index contributed by atoms with van der Waals surface area (Å²) >= 11 is 1.13. The van der Waals surface area contributed by atoms with E-state index in [1.165, 1.54) is 4.57 Å². The predicted octanol–water partition coefficient (Wildman–Crippen LogP) is 1.13. The van der Waals surface area contributed by atoms with E-state index < -0.39 is 0 Å². The third-order valence-electron chi connectivity index (χ3n) is 2.30. The van der Waals surface area contributed by atoms with Gasteiger partial charge < -0.3 is 5.32 Å². The Labute approximate surface area is 92.9 Å². The number of nitrogens with zero attached hydrogens (tertiary/aromatic N) is 1. The SMILES string of the molecule is CCC(C)NC(=O)Cn1c(C)csc1=O. The van der Waals surface area contributed by atoms with Crippen LogP contribution in [0.1, 0.15) is 26.0 Å². The first-order valence-corrected chi connectivity index (χ1v) is 5.86. The minimum Gasteiger partial charge on any atom is -0.352 e. The summed E-state index contributed by atoms with van der Waals surface area (Å²) in [5.74, 6) is -0.104. The number of carbonyl (C=O) groups is 1. The van der Waals surface area contributed by atoms with Crippen LogP contribution >= 0.6 is 11.3 Å². The van der Waals surface area contributed by atoms with Gasteiger partial charge in [0.2, 0.25) is 5.91 Å². The van der Waals surface area contributed by atoms with Gasteiger partial charge in [0.15, 0.2) is 0 Å². The third kappa shape index (κ3) is 3.20. The lowest BCUT2D eigenvalue weighted by Gasteiger charge is -2.11. The van der Waals surface area contributed by atoms with Crippen molar-refractivity contribution in [1.29, 1.82) is 0 Å². The Morgan fingerprint density at radius 1 is 1.67 bits per heavy atom. The first kappa shape index (κ1) is 12.0. The number of nitrogens with one attached hydrogen (secondary N) is 1. The van der Waals surface area contributed by atoms with E-state index in [9.17, 15) is 9.59 Å². The highest BCUT2D eigenvalue weighted by atomic mass is 32.1. The molecule has 1 aromatic heterocycles. The summed E-state index contributed by atoms with van der Waals surface area (Å²) in [5, 5.41) is 4.59. The van der Waals surface area contributed by atoms with E-state index in [0.29, 0.717) is 0 Å². The van der Waals surface area contributed by atoms with Gasteiger partial charge in [-0.05, 0) is 20.3 Å². The Balaban J connectivity index is 2.63. The van der Waals surface area contributed by atoms with Crippen molar-refractivity contribution in [2.24, 2.45) is 0 Å². The van der Waals surface area contributed by atoms with Crippen molar-refractivity contribution in [3.05, 3.63) is 20.7 Å². The van der Waals surface area contributed by atoms with E-state index in [1.807, 2.05) is 20.8 Å². The van der Waals surface area contributed by atoms with E-state index in [1.54, 1.807) is 5.38 Å². The Morgan fingerprint density at radius 2 is 2.33 bits per heavy atom. The van der Waals surface area contributed by atoms with Gasteiger partial charge in [0.05, 0.1) is 0 Å². The van der Waals surface area contributed by atoms with E-state index in [-0.39, 0.29) is 23.4 Å². The molecule has 0 spiro atoms. The number of amides is 1. The maximum absolute atomic E-state index is 11.5. The van der Waals surface area contributed by atoms with Gasteiger partial charge >= 0.3 is 4.87 Å². The molecule has 1 N–H and O–H groups in total. The number of carbonyl (C=O) groups excluding carboxylic acids is 1. The number of rotatable bonds is 4. The lowest BCUT2D eigenvalue weighted by Crippen LogP contribution is -2.36. The highest BCUT2D eigenvalue weighted by Gasteiger charge is 2.09. The van der Waals surface area contributed by atoms with Crippen molar-refractivity contribution in [2.45, 2.75) is 39.8 Å². The normalized spacial score (nSPS) is 12.5. The van der Waals surface area contributed by atoms with E-state index in [4.69, 9.17) is 0 Å². The monoisotopic (exact) mass is 228 g/mol. The fourth-order valence-corrected chi connectivity index (χ4v) is 1.90. The van der Waals surface area contributed by atoms with Crippen LogP contribution in [0.25, 0.3) is 0 Å². The molecular formula is C10H16N2O2S. The summed E-state index contributed by atoms with van der Waals surface area (Å²) in [7, 11) is 0. The van der Waals surface area contributed by atoms with Crippen LogP contribution in [0.15, 0.2) is 10.2 Å². The molecule has 1 unspecified atom stereocenters. The number of hydrogen-bond donors (Lipinski definition) is 1. The Bertz CT molecular complexity index is 394. The Morgan fingerprint density at radius 3 is 2.80 bits per heavy atom. The molecule has 0 saturated carbocycles. The molecule has 0 aromatic carbocycles. The van der Waals surface area contributed by atoms with Crippen LogP contribution in [0.2, 0.25) is 0 Å². The molecule has 0 aliphatic heterocycles. The number of aromatic nitrogens is 1. The average molecular weight is 228 g/mol. The van der Waals surface area contributed by atoms with Crippen molar-refractivity contribution in [2.75, 3.05) is 0 Å². The highest BCUT2D eigenvalue weighted by molar-refractivity contribution is 7.07. The van der Waals surface area contributed by atoms with Crippen LogP contribution < -0.4 is 10.2 Å². The predicted molar refractivity (Wildman–Crippen MR) is 61.2 cm³/mol. The van der Waals surface area contributed by atoms with E-state index in [2.05, 4.69) is 5.32 Å². The smallest absolute Gasteiger partial charge is 0.307 e. The Kier molecular flexibility index (Phi) is 4.08.